The predicted octanol–water partition coefficient (Wildman–Crippen LogP) is 6.28. The topological polar surface area (TPSA) is 124 Å². The molecule has 5 aromatic carbocycles. The average molecular weight is 684 g/mol. The fourth-order valence-corrected chi connectivity index (χ4v) is 9.66. The molecule has 12 heteroatoms. The second-order valence-electron chi connectivity index (χ2n) is 11.1. The zero-order valence-electron chi connectivity index (χ0n) is 24.4. The number of carbonyl (C=O) groups is 1. The molecule has 0 unspecified atom stereocenters. The normalized spacial score (nSPS) is 11.8. The van der Waals surface area contributed by atoms with E-state index in [1.165, 1.54) is 38.6 Å². The molecular formula is C36H17N3O6S3. The first-order valence-electron chi connectivity index (χ1n) is 14.6. The molecule has 9 rings (SSSR count). The Hall–Kier alpha value is -5.69. The highest BCUT2D eigenvalue weighted by atomic mass is 32.1. The van der Waals surface area contributed by atoms with Crippen molar-refractivity contribution >= 4 is 101 Å². The van der Waals surface area contributed by atoms with Crippen LogP contribution >= 0.6 is 34.0 Å². The van der Waals surface area contributed by atoms with Crippen LogP contribution in [0.5, 0.6) is 0 Å². The minimum Gasteiger partial charge on any atom is -0.444 e. The molecule has 9 aromatic rings. The van der Waals surface area contributed by atoms with Gasteiger partial charge in [-0.15, -0.1) is 34.0 Å². The van der Waals surface area contributed by atoms with Crippen LogP contribution in [0.3, 0.4) is 0 Å². The number of hydrogen-bond acceptors (Lipinski definition) is 11. The summed E-state index contributed by atoms with van der Waals surface area (Å²) in [6, 6.07) is 26.1. The van der Waals surface area contributed by atoms with Gasteiger partial charge in [0.2, 0.25) is 21.7 Å². The Bertz CT molecular complexity index is 3030. The van der Waals surface area contributed by atoms with E-state index in [1.807, 2.05) is 30.3 Å². The van der Waals surface area contributed by atoms with E-state index < -0.39 is 27.8 Å². The minimum atomic E-state index is -0.617. The lowest BCUT2D eigenvalue weighted by Crippen LogP contribution is -2.31. The zero-order chi connectivity index (χ0) is 32.7. The summed E-state index contributed by atoms with van der Waals surface area (Å²) in [6.45, 7) is 0.0444. The second kappa shape index (κ2) is 10.7. The summed E-state index contributed by atoms with van der Waals surface area (Å²) in [5.74, 6) is 0. The van der Waals surface area contributed by atoms with Crippen LogP contribution < -0.4 is 32.4 Å². The van der Waals surface area contributed by atoms with E-state index >= 15 is 0 Å². The van der Waals surface area contributed by atoms with Crippen LogP contribution in [0, 0.1) is 0 Å². The maximum absolute atomic E-state index is 13.8. The molecule has 0 radical (unpaired) electrons. The molecule has 0 saturated carbocycles. The van der Waals surface area contributed by atoms with Crippen molar-refractivity contribution in [3.8, 4) is 0 Å². The van der Waals surface area contributed by atoms with Gasteiger partial charge >= 0.3 is 6.09 Å². The van der Waals surface area contributed by atoms with Gasteiger partial charge in [0.1, 0.15) is 16.6 Å². The van der Waals surface area contributed by atoms with Gasteiger partial charge in [-0.2, -0.15) is 0 Å². The van der Waals surface area contributed by atoms with E-state index in [1.54, 1.807) is 60.7 Å². The zero-order valence-corrected chi connectivity index (χ0v) is 26.8. The molecule has 0 amide bonds. The van der Waals surface area contributed by atoms with E-state index in [4.69, 9.17) is 4.74 Å². The Labute approximate surface area is 279 Å². The third kappa shape index (κ3) is 4.23. The molecule has 0 spiro atoms. The molecule has 0 aliphatic heterocycles. The number of rotatable bonds is 4. The van der Waals surface area contributed by atoms with Crippen molar-refractivity contribution < 1.29 is 9.53 Å². The third-order valence-corrected chi connectivity index (χ3v) is 11.7. The summed E-state index contributed by atoms with van der Waals surface area (Å²) in [4.78, 5) is 74.9. The van der Waals surface area contributed by atoms with Gasteiger partial charge in [0.05, 0.1) is 29.8 Å². The number of ether oxygens (including phenoxy) is 1. The SMILES string of the molecule is O=C(OCc1ccccc1)n1c2cc(N=c3c(=O)c4ccccc4c3=O)sc2c2sc3cc(N=c4c(=O)c5ccccc5c4=O)sc3c21. The summed E-state index contributed by atoms with van der Waals surface area (Å²) in [5.41, 5.74) is 0.253. The molecule has 4 aromatic heterocycles. The lowest BCUT2D eigenvalue weighted by molar-refractivity contribution is 0.143. The van der Waals surface area contributed by atoms with Crippen LogP contribution in [-0.4, -0.2) is 10.7 Å². The van der Waals surface area contributed by atoms with Gasteiger partial charge in [0, 0.05) is 21.5 Å². The fraction of sp³-hybridized carbons (Fsp3) is 0.0278. The molecule has 9 nitrogen and oxygen atoms in total. The highest BCUT2D eigenvalue weighted by Gasteiger charge is 2.26. The Morgan fingerprint density at radius 2 is 1.10 bits per heavy atom. The van der Waals surface area contributed by atoms with Crippen LogP contribution in [0.4, 0.5) is 14.8 Å². The van der Waals surface area contributed by atoms with E-state index in [0.29, 0.717) is 42.6 Å². The summed E-state index contributed by atoms with van der Waals surface area (Å²) in [6.07, 6.45) is -0.617. The first kappa shape index (κ1) is 28.5. The van der Waals surface area contributed by atoms with E-state index in [0.717, 1.165) is 24.4 Å². The number of hydrogen-bond donors (Lipinski definition) is 0. The molecule has 0 aliphatic carbocycles. The van der Waals surface area contributed by atoms with E-state index in [2.05, 4.69) is 9.98 Å². The number of carbonyl (C=O) groups excluding carboxylic acids is 1. The summed E-state index contributed by atoms with van der Waals surface area (Å²) in [7, 11) is 0. The molecule has 4 heterocycles. The summed E-state index contributed by atoms with van der Waals surface area (Å²) >= 11 is 3.97. The lowest BCUT2D eigenvalue weighted by Gasteiger charge is -2.07. The predicted molar refractivity (Wildman–Crippen MR) is 191 cm³/mol. The van der Waals surface area contributed by atoms with Gasteiger partial charge in [-0.25, -0.2) is 19.3 Å². The van der Waals surface area contributed by atoms with Crippen LogP contribution in [0.1, 0.15) is 5.56 Å². The van der Waals surface area contributed by atoms with E-state index in [-0.39, 0.29) is 17.3 Å². The maximum Gasteiger partial charge on any atom is 0.419 e. The number of thiophene rings is 3. The van der Waals surface area contributed by atoms with Crippen molar-refractivity contribution in [3.63, 3.8) is 0 Å². The van der Waals surface area contributed by atoms with Gasteiger partial charge in [-0.1, -0.05) is 78.9 Å². The first-order chi connectivity index (χ1) is 23.4. The van der Waals surface area contributed by atoms with Crippen molar-refractivity contribution in [3.05, 3.63) is 148 Å². The van der Waals surface area contributed by atoms with Crippen molar-refractivity contribution in [2.45, 2.75) is 6.61 Å². The molecule has 0 saturated heterocycles. The van der Waals surface area contributed by atoms with E-state index in [9.17, 15) is 24.0 Å². The van der Waals surface area contributed by atoms with Gasteiger partial charge in [-0.05, 0) is 17.7 Å². The van der Waals surface area contributed by atoms with Crippen LogP contribution in [0.15, 0.2) is 120 Å². The highest BCUT2D eigenvalue weighted by Crippen LogP contribution is 2.49. The van der Waals surface area contributed by atoms with Gasteiger partial charge in [0.15, 0.2) is 10.7 Å². The van der Waals surface area contributed by atoms with Gasteiger partial charge < -0.3 is 4.74 Å². The van der Waals surface area contributed by atoms with Crippen molar-refractivity contribution in [2.24, 2.45) is 9.98 Å². The Balaban J connectivity index is 1.24. The molecule has 0 aliphatic rings. The van der Waals surface area contributed by atoms with Crippen molar-refractivity contribution in [1.29, 1.82) is 0 Å². The lowest BCUT2D eigenvalue weighted by atomic mass is 10.2. The van der Waals surface area contributed by atoms with Crippen LogP contribution in [-0.2, 0) is 11.3 Å². The quantitative estimate of drug-likeness (QED) is 0.215. The van der Waals surface area contributed by atoms with Crippen molar-refractivity contribution in [2.75, 3.05) is 0 Å². The molecule has 0 fully saturated rings. The Kier molecular flexibility index (Phi) is 6.34. The average Bonchev–Trinajstić information content (AvgIpc) is 3.92. The number of aromatic nitrogens is 1. The fourth-order valence-electron chi connectivity index (χ4n) is 6.02. The number of nitrogens with zero attached hydrogens (tertiary/aromatic N) is 3. The Morgan fingerprint density at radius 1 is 0.604 bits per heavy atom. The molecular weight excluding hydrogens is 667 g/mol. The molecule has 0 atom stereocenters. The standard InChI is InChI=1S/C36H17N3O6S3/c40-29-18-10-4-5-11-19(18)30(41)26(29)37-24-14-22-33(47-24)35-28(39(22)36(44)45-16-17-8-2-1-3-9-17)34-23(46-35)15-25(48-34)38-27-31(42)20-12-6-7-13-21(20)32(27)43/h1-15H,16H2. The number of benzene rings is 3. The van der Waals surface area contributed by atoms with Crippen LogP contribution in [0.25, 0.3) is 51.4 Å². The maximum atomic E-state index is 13.8. The minimum absolute atomic E-state index is 0.0444. The monoisotopic (exact) mass is 683 g/mol. The van der Waals surface area contributed by atoms with Gasteiger partial charge in [0.25, 0.3) is 0 Å². The van der Waals surface area contributed by atoms with Crippen molar-refractivity contribution in [1.82, 2.24) is 4.57 Å². The Morgan fingerprint density at radius 3 is 1.67 bits per heavy atom. The highest BCUT2D eigenvalue weighted by molar-refractivity contribution is 7.37. The molecule has 0 N–H and O–H groups in total. The summed E-state index contributed by atoms with van der Waals surface area (Å²) < 4.78 is 10.4. The molecule has 0 bridgehead atoms. The first-order valence-corrected chi connectivity index (χ1v) is 17.1. The number of fused-ring (bicyclic) bond motifs is 7. The van der Waals surface area contributed by atoms with Gasteiger partial charge in [-0.3, -0.25) is 19.2 Å². The molecule has 230 valence electrons. The second-order valence-corrected chi connectivity index (χ2v) is 14.2. The largest absolute Gasteiger partial charge is 0.444 e. The van der Waals surface area contributed by atoms with Crippen LogP contribution in [0.2, 0.25) is 0 Å². The molecule has 48 heavy (non-hydrogen) atoms. The summed E-state index contributed by atoms with van der Waals surface area (Å²) in [5, 5.41) is 1.87. The third-order valence-electron chi connectivity index (χ3n) is 8.22. The smallest absolute Gasteiger partial charge is 0.419 e.